The molecule has 2 aromatic heterocycles. The van der Waals surface area contributed by atoms with Gasteiger partial charge in [-0.1, -0.05) is 18.2 Å². The van der Waals surface area contributed by atoms with Crippen molar-refractivity contribution in [1.82, 2.24) is 19.7 Å². The number of benzene rings is 1. The van der Waals surface area contributed by atoms with E-state index in [1.165, 1.54) is 5.39 Å². The van der Waals surface area contributed by atoms with Gasteiger partial charge in [-0.3, -0.25) is 9.89 Å². The maximum Gasteiger partial charge on any atom is 0.242 e. The Morgan fingerprint density at radius 2 is 2.18 bits per heavy atom. The SMILES string of the molecule is Cc1cc2ccccc2n1CC(=O)N(C)CCc1cn[nH]c1. The molecule has 0 aliphatic rings. The van der Waals surface area contributed by atoms with E-state index in [0.717, 1.165) is 23.2 Å². The maximum atomic E-state index is 12.4. The van der Waals surface area contributed by atoms with Crippen LogP contribution in [-0.4, -0.2) is 39.2 Å². The monoisotopic (exact) mass is 296 g/mol. The van der Waals surface area contributed by atoms with Gasteiger partial charge in [-0.25, -0.2) is 0 Å². The third kappa shape index (κ3) is 2.88. The van der Waals surface area contributed by atoms with Crippen molar-refractivity contribution in [2.45, 2.75) is 19.9 Å². The highest BCUT2D eigenvalue weighted by molar-refractivity contribution is 5.84. The van der Waals surface area contributed by atoms with Crippen molar-refractivity contribution in [3.05, 3.63) is 54.0 Å². The molecule has 0 bridgehead atoms. The van der Waals surface area contributed by atoms with E-state index >= 15 is 0 Å². The number of hydrogen-bond acceptors (Lipinski definition) is 2. The van der Waals surface area contributed by atoms with Crippen molar-refractivity contribution in [2.24, 2.45) is 0 Å². The van der Waals surface area contributed by atoms with Gasteiger partial charge < -0.3 is 9.47 Å². The minimum absolute atomic E-state index is 0.118. The van der Waals surface area contributed by atoms with E-state index in [1.807, 2.05) is 32.3 Å². The number of aromatic nitrogens is 3. The highest BCUT2D eigenvalue weighted by Gasteiger charge is 2.13. The zero-order valence-corrected chi connectivity index (χ0v) is 12.9. The largest absolute Gasteiger partial charge is 0.344 e. The van der Waals surface area contributed by atoms with Gasteiger partial charge in [0.25, 0.3) is 0 Å². The molecule has 1 N–H and O–H groups in total. The summed E-state index contributed by atoms with van der Waals surface area (Å²) in [4.78, 5) is 14.2. The average molecular weight is 296 g/mol. The summed E-state index contributed by atoms with van der Waals surface area (Å²) in [6.45, 7) is 3.11. The Balaban J connectivity index is 1.68. The third-order valence-electron chi connectivity index (χ3n) is 4.03. The number of aromatic amines is 1. The second-order valence-electron chi connectivity index (χ2n) is 5.60. The van der Waals surface area contributed by atoms with E-state index in [-0.39, 0.29) is 5.91 Å². The first-order valence-electron chi connectivity index (χ1n) is 7.41. The summed E-state index contributed by atoms with van der Waals surface area (Å²) in [5.41, 5.74) is 3.33. The Morgan fingerprint density at radius 3 is 2.95 bits per heavy atom. The van der Waals surface area contributed by atoms with Gasteiger partial charge in [-0.15, -0.1) is 0 Å². The highest BCUT2D eigenvalue weighted by Crippen LogP contribution is 2.19. The molecule has 5 nitrogen and oxygen atoms in total. The van der Waals surface area contributed by atoms with Gasteiger partial charge in [0, 0.05) is 31.0 Å². The molecule has 0 saturated carbocycles. The minimum atomic E-state index is 0.118. The number of carbonyl (C=O) groups excluding carboxylic acids is 1. The molecule has 1 amide bonds. The Bertz CT molecular complexity index is 773. The first kappa shape index (κ1) is 14.4. The van der Waals surface area contributed by atoms with Crippen molar-refractivity contribution < 1.29 is 4.79 Å². The van der Waals surface area contributed by atoms with E-state index in [0.29, 0.717) is 13.1 Å². The fourth-order valence-corrected chi connectivity index (χ4v) is 2.65. The number of likely N-dealkylation sites (N-methyl/N-ethyl adjacent to an activating group) is 1. The lowest BCUT2D eigenvalue weighted by atomic mass is 10.2. The van der Waals surface area contributed by atoms with Gasteiger partial charge in [0.15, 0.2) is 0 Å². The molecule has 0 atom stereocenters. The molecule has 114 valence electrons. The Kier molecular flexibility index (Phi) is 3.96. The fraction of sp³-hybridized carbons (Fsp3) is 0.294. The predicted molar refractivity (Wildman–Crippen MR) is 86.6 cm³/mol. The molecule has 1 aromatic carbocycles. The maximum absolute atomic E-state index is 12.4. The van der Waals surface area contributed by atoms with Crippen LogP contribution in [0.1, 0.15) is 11.3 Å². The average Bonchev–Trinajstić information content (AvgIpc) is 3.13. The summed E-state index contributed by atoms with van der Waals surface area (Å²) in [7, 11) is 1.85. The Morgan fingerprint density at radius 1 is 1.36 bits per heavy atom. The van der Waals surface area contributed by atoms with E-state index in [9.17, 15) is 4.79 Å². The molecule has 0 saturated heterocycles. The summed E-state index contributed by atoms with van der Waals surface area (Å²) < 4.78 is 2.08. The second kappa shape index (κ2) is 6.05. The van der Waals surface area contributed by atoms with Gasteiger partial charge >= 0.3 is 0 Å². The molecule has 3 aromatic rings. The van der Waals surface area contributed by atoms with E-state index in [1.54, 1.807) is 11.1 Å². The van der Waals surface area contributed by atoms with Crippen LogP contribution in [0.25, 0.3) is 10.9 Å². The van der Waals surface area contributed by atoms with Gasteiger partial charge in [-0.05, 0) is 36.4 Å². The minimum Gasteiger partial charge on any atom is -0.344 e. The van der Waals surface area contributed by atoms with Crippen LogP contribution in [0, 0.1) is 6.92 Å². The molecule has 2 heterocycles. The van der Waals surface area contributed by atoms with E-state index in [2.05, 4.69) is 33.0 Å². The van der Waals surface area contributed by atoms with Crippen molar-refractivity contribution in [2.75, 3.05) is 13.6 Å². The van der Waals surface area contributed by atoms with Crippen molar-refractivity contribution in [3.63, 3.8) is 0 Å². The highest BCUT2D eigenvalue weighted by atomic mass is 16.2. The van der Waals surface area contributed by atoms with Gasteiger partial charge in [0.1, 0.15) is 6.54 Å². The number of aryl methyl sites for hydroxylation is 1. The lowest BCUT2D eigenvalue weighted by molar-refractivity contribution is -0.130. The lowest BCUT2D eigenvalue weighted by Crippen LogP contribution is -2.32. The number of fused-ring (bicyclic) bond motifs is 1. The molecule has 0 aliphatic heterocycles. The number of amides is 1. The van der Waals surface area contributed by atoms with Crippen molar-refractivity contribution >= 4 is 16.8 Å². The van der Waals surface area contributed by atoms with Crippen LogP contribution in [-0.2, 0) is 17.8 Å². The van der Waals surface area contributed by atoms with Crippen LogP contribution in [0.5, 0.6) is 0 Å². The number of carbonyl (C=O) groups is 1. The second-order valence-corrected chi connectivity index (χ2v) is 5.60. The molecule has 5 heteroatoms. The molecule has 0 radical (unpaired) electrons. The summed E-state index contributed by atoms with van der Waals surface area (Å²) in [6.07, 6.45) is 4.47. The molecular weight excluding hydrogens is 276 g/mol. The van der Waals surface area contributed by atoms with Gasteiger partial charge in [0.2, 0.25) is 5.91 Å². The fourth-order valence-electron chi connectivity index (χ4n) is 2.65. The molecule has 3 rings (SSSR count). The number of nitrogens with zero attached hydrogens (tertiary/aromatic N) is 3. The predicted octanol–water partition coefficient (Wildman–Crippen LogP) is 2.37. The van der Waals surface area contributed by atoms with Gasteiger partial charge in [0.05, 0.1) is 6.20 Å². The number of nitrogens with one attached hydrogen (secondary N) is 1. The molecule has 0 aliphatic carbocycles. The molecule has 0 unspecified atom stereocenters. The number of hydrogen-bond donors (Lipinski definition) is 1. The van der Waals surface area contributed by atoms with E-state index < -0.39 is 0 Å². The standard InChI is InChI=1S/C17H20N4O/c1-13-9-15-5-3-4-6-16(15)21(13)12-17(22)20(2)8-7-14-10-18-19-11-14/h3-6,9-11H,7-8,12H2,1-2H3,(H,18,19). The molecule has 22 heavy (non-hydrogen) atoms. The zero-order valence-electron chi connectivity index (χ0n) is 12.9. The lowest BCUT2D eigenvalue weighted by Gasteiger charge is -2.18. The summed E-state index contributed by atoms with van der Waals surface area (Å²) in [5, 5.41) is 7.88. The van der Waals surface area contributed by atoms with Crippen LogP contribution in [0.15, 0.2) is 42.7 Å². The summed E-state index contributed by atoms with van der Waals surface area (Å²) in [5.74, 6) is 0.118. The quantitative estimate of drug-likeness (QED) is 0.786. The smallest absolute Gasteiger partial charge is 0.242 e. The third-order valence-corrected chi connectivity index (χ3v) is 4.03. The Hall–Kier alpha value is -2.56. The van der Waals surface area contributed by atoms with Crippen LogP contribution >= 0.6 is 0 Å². The first-order chi connectivity index (χ1) is 10.6. The summed E-state index contributed by atoms with van der Waals surface area (Å²) in [6, 6.07) is 10.3. The number of H-pyrrole nitrogens is 1. The van der Waals surface area contributed by atoms with Crippen LogP contribution in [0.4, 0.5) is 0 Å². The zero-order chi connectivity index (χ0) is 15.5. The van der Waals surface area contributed by atoms with Crippen molar-refractivity contribution in [3.8, 4) is 0 Å². The van der Waals surface area contributed by atoms with Gasteiger partial charge in [-0.2, -0.15) is 5.10 Å². The summed E-state index contributed by atoms with van der Waals surface area (Å²) >= 11 is 0. The van der Waals surface area contributed by atoms with Crippen molar-refractivity contribution in [1.29, 1.82) is 0 Å². The first-order valence-corrected chi connectivity index (χ1v) is 7.41. The molecule has 0 spiro atoms. The number of para-hydroxylation sites is 1. The normalized spacial score (nSPS) is 11.0. The van der Waals surface area contributed by atoms with Crippen LogP contribution in [0.3, 0.4) is 0 Å². The van der Waals surface area contributed by atoms with Crippen LogP contribution in [0.2, 0.25) is 0 Å². The Labute approximate surface area is 129 Å². The van der Waals surface area contributed by atoms with E-state index in [4.69, 9.17) is 0 Å². The molecular formula is C17H20N4O. The molecule has 0 fully saturated rings. The van der Waals surface area contributed by atoms with Crippen LogP contribution < -0.4 is 0 Å². The topological polar surface area (TPSA) is 53.9 Å². The number of rotatable bonds is 5.